The molecule has 0 radical (unpaired) electrons. The van der Waals surface area contributed by atoms with E-state index in [4.69, 9.17) is 9.47 Å². The Kier molecular flexibility index (Phi) is 8.06. The summed E-state index contributed by atoms with van der Waals surface area (Å²) in [7, 11) is 1.60. The quantitative estimate of drug-likeness (QED) is 0.404. The number of rotatable bonds is 11. The Morgan fingerprint density at radius 2 is 1.62 bits per heavy atom. The van der Waals surface area contributed by atoms with Gasteiger partial charge < -0.3 is 14.8 Å². The minimum absolute atomic E-state index is 0.297. The van der Waals surface area contributed by atoms with Crippen LogP contribution in [-0.2, 0) is 14.3 Å². The Morgan fingerprint density at radius 1 is 0.938 bits per heavy atom. The SMILES string of the molecule is CCCOc1ccc(C2=C(Nc3ccc(C(C)C)cc3)C(=O)N(CCCOC)C2=O)cc1. The molecular weight excluding hydrogens is 404 g/mol. The monoisotopic (exact) mass is 436 g/mol. The molecule has 6 nitrogen and oxygen atoms in total. The van der Waals surface area contributed by atoms with E-state index in [2.05, 4.69) is 19.2 Å². The second-order valence-corrected chi connectivity index (χ2v) is 8.13. The van der Waals surface area contributed by atoms with Crippen molar-refractivity contribution in [1.82, 2.24) is 4.90 Å². The van der Waals surface area contributed by atoms with Gasteiger partial charge in [0.25, 0.3) is 11.8 Å². The highest BCUT2D eigenvalue weighted by atomic mass is 16.5. The van der Waals surface area contributed by atoms with E-state index in [0.29, 0.717) is 48.9 Å². The summed E-state index contributed by atoms with van der Waals surface area (Å²) in [6, 6.07) is 15.3. The zero-order chi connectivity index (χ0) is 23.1. The average molecular weight is 437 g/mol. The third-order valence-corrected chi connectivity index (χ3v) is 5.36. The van der Waals surface area contributed by atoms with Gasteiger partial charge >= 0.3 is 0 Å². The molecule has 0 spiro atoms. The van der Waals surface area contributed by atoms with Gasteiger partial charge in [0.15, 0.2) is 0 Å². The van der Waals surface area contributed by atoms with Crippen molar-refractivity contribution in [3.05, 3.63) is 65.4 Å². The van der Waals surface area contributed by atoms with E-state index in [1.165, 1.54) is 10.5 Å². The van der Waals surface area contributed by atoms with E-state index in [-0.39, 0.29) is 11.8 Å². The van der Waals surface area contributed by atoms with Gasteiger partial charge in [-0.25, -0.2) is 0 Å². The summed E-state index contributed by atoms with van der Waals surface area (Å²) in [6.45, 7) is 7.74. The van der Waals surface area contributed by atoms with Gasteiger partial charge in [-0.05, 0) is 54.2 Å². The Hall–Kier alpha value is -3.12. The largest absolute Gasteiger partial charge is 0.494 e. The van der Waals surface area contributed by atoms with Crippen LogP contribution in [-0.4, -0.2) is 43.6 Å². The van der Waals surface area contributed by atoms with Gasteiger partial charge in [0, 0.05) is 25.9 Å². The number of ether oxygens (including phenoxy) is 2. The third kappa shape index (κ3) is 5.37. The highest BCUT2D eigenvalue weighted by Crippen LogP contribution is 2.32. The fourth-order valence-corrected chi connectivity index (χ4v) is 3.56. The number of amides is 2. The van der Waals surface area contributed by atoms with E-state index in [9.17, 15) is 9.59 Å². The number of benzene rings is 2. The number of hydrogen-bond acceptors (Lipinski definition) is 5. The minimum Gasteiger partial charge on any atom is -0.494 e. The molecule has 0 aliphatic carbocycles. The van der Waals surface area contributed by atoms with Crippen molar-refractivity contribution in [2.24, 2.45) is 0 Å². The maximum absolute atomic E-state index is 13.2. The molecular formula is C26H32N2O4. The number of nitrogens with one attached hydrogen (secondary N) is 1. The van der Waals surface area contributed by atoms with Crippen LogP contribution in [0.15, 0.2) is 54.2 Å². The highest BCUT2D eigenvalue weighted by Gasteiger charge is 2.38. The van der Waals surface area contributed by atoms with Crippen LogP contribution < -0.4 is 10.1 Å². The van der Waals surface area contributed by atoms with Crippen LogP contribution in [0.3, 0.4) is 0 Å². The number of carbonyl (C=O) groups is 2. The van der Waals surface area contributed by atoms with Crippen LogP contribution >= 0.6 is 0 Å². The number of methoxy groups -OCH3 is 1. The van der Waals surface area contributed by atoms with E-state index < -0.39 is 0 Å². The van der Waals surface area contributed by atoms with Crippen molar-refractivity contribution < 1.29 is 19.1 Å². The summed E-state index contributed by atoms with van der Waals surface area (Å²) in [5.74, 6) is 0.539. The van der Waals surface area contributed by atoms with Crippen LogP contribution in [0.1, 0.15) is 50.7 Å². The van der Waals surface area contributed by atoms with Crippen molar-refractivity contribution in [1.29, 1.82) is 0 Å². The van der Waals surface area contributed by atoms with Crippen LogP contribution in [0.4, 0.5) is 5.69 Å². The lowest BCUT2D eigenvalue weighted by Gasteiger charge is -2.15. The molecule has 0 saturated carbocycles. The highest BCUT2D eigenvalue weighted by molar-refractivity contribution is 6.36. The third-order valence-electron chi connectivity index (χ3n) is 5.36. The molecule has 1 N–H and O–H groups in total. The summed E-state index contributed by atoms with van der Waals surface area (Å²) in [5.41, 5.74) is 3.34. The van der Waals surface area contributed by atoms with Crippen molar-refractivity contribution >= 4 is 23.1 Å². The molecule has 3 rings (SSSR count). The molecule has 6 heteroatoms. The summed E-state index contributed by atoms with van der Waals surface area (Å²) < 4.78 is 10.7. The van der Waals surface area contributed by atoms with Gasteiger partial charge in [0.05, 0.1) is 12.2 Å². The predicted molar refractivity (Wildman–Crippen MR) is 127 cm³/mol. The zero-order valence-corrected chi connectivity index (χ0v) is 19.3. The number of imide groups is 1. The molecule has 0 unspecified atom stereocenters. The average Bonchev–Trinajstić information content (AvgIpc) is 3.02. The van der Waals surface area contributed by atoms with E-state index >= 15 is 0 Å². The lowest BCUT2D eigenvalue weighted by atomic mass is 10.0. The first-order valence-corrected chi connectivity index (χ1v) is 11.2. The smallest absolute Gasteiger partial charge is 0.278 e. The zero-order valence-electron chi connectivity index (χ0n) is 19.3. The van der Waals surface area contributed by atoms with E-state index in [1.807, 2.05) is 55.5 Å². The van der Waals surface area contributed by atoms with Crippen LogP contribution in [0.25, 0.3) is 5.57 Å². The van der Waals surface area contributed by atoms with Gasteiger partial charge in [0.2, 0.25) is 0 Å². The molecule has 0 atom stereocenters. The molecule has 1 aliphatic heterocycles. The molecule has 0 fully saturated rings. The number of carbonyl (C=O) groups excluding carboxylic acids is 2. The molecule has 32 heavy (non-hydrogen) atoms. The fraction of sp³-hybridized carbons (Fsp3) is 0.385. The molecule has 1 aliphatic rings. The standard InChI is InChI=1S/C26H32N2O4/c1-5-16-32-22-13-9-20(10-14-22)23-24(26(30)28(25(23)29)15-6-17-31-4)27-21-11-7-19(8-12-21)18(2)3/h7-14,18,27H,5-6,15-17H2,1-4H3. The van der Waals surface area contributed by atoms with Crippen LogP contribution in [0, 0.1) is 0 Å². The maximum Gasteiger partial charge on any atom is 0.278 e. The second kappa shape index (κ2) is 11.0. The van der Waals surface area contributed by atoms with Crippen molar-refractivity contribution in [2.45, 2.75) is 39.5 Å². The van der Waals surface area contributed by atoms with Gasteiger partial charge in [-0.15, -0.1) is 0 Å². The number of nitrogens with zero attached hydrogens (tertiary/aromatic N) is 1. The van der Waals surface area contributed by atoms with Crippen molar-refractivity contribution in [2.75, 3.05) is 32.2 Å². The topological polar surface area (TPSA) is 67.9 Å². The summed E-state index contributed by atoms with van der Waals surface area (Å²) in [4.78, 5) is 27.7. The minimum atomic E-state index is -0.319. The summed E-state index contributed by atoms with van der Waals surface area (Å²) in [5, 5.41) is 3.21. The molecule has 0 bridgehead atoms. The molecule has 170 valence electrons. The molecule has 2 amide bonds. The molecule has 0 aromatic heterocycles. The first-order chi connectivity index (χ1) is 15.5. The number of anilines is 1. The lowest BCUT2D eigenvalue weighted by molar-refractivity contribution is -0.136. The summed E-state index contributed by atoms with van der Waals surface area (Å²) in [6.07, 6.45) is 1.50. The van der Waals surface area contributed by atoms with E-state index in [1.54, 1.807) is 7.11 Å². The maximum atomic E-state index is 13.2. The van der Waals surface area contributed by atoms with Crippen LogP contribution in [0.2, 0.25) is 0 Å². The van der Waals surface area contributed by atoms with Crippen molar-refractivity contribution in [3.8, 4) is 5.75 Å². The van der Waals surface area contributed by atoms with Gasteiger partial charge in [-0.1, -0.05) is 45.0 Å². The predicted octanol–water partition coefficient (Wildman–Crippen LogP) is 4.83. The first kappa shape index (κ1) is 23.5. The van der Waals surface area contributed by atoms with E-state index in [0.717, 1.165) is 17.9 Å². The van der Waals surface area contributed by atoms with Crippen LogP contribution in [0.5, 0.6) is 5.75 Å². The molecule has 2 aromatic carbocycles. The Labute approximate surface area is 190 Å². The van der Waals surface area contributed by atoms with Crippen molar-refractivity contribution in [3.63, 3.8) is 0 Å². The van der Waals surface area contributed by atoms with Gasteiger partial charge in [-0.3, -0.25) is 14.5 Å². The molecule has 1 heterocycles. The normalized spacial score (nSPS) is 14.0. The Bertz CT molecular complexity index is 962. The second-order valence-electron chi connectivity index (χ2n) is 8.13. The Balaban J connectivity index is 1.92. The lowest BCUT2D eigenvalue weighted by Crippen LogP contribution is -2.33. The Morgan fingerprint density at radius 3 is 2.22 bits per heavy atom. The summed E-state index contributed by atoms with van der Waals surface area (Å²) >= 11 is 0. The fourth-order valence-electron chi connectivity index (χ4n) is 3.56. The first-order valence-electron chi connectivity index (χ1n) is 11.2. The van der Waals surface area contributed by atoms with Gasteiger partial charge in [0.1, 0.15) is 11.4 Å². The number of hydrogen-bond donors (Lipinski definition) is 1. The van der Waals surface area contributed by atoms with Gasteiger partial charge in [-0.2, -0.15) is 0 Å². The molecule has 0 saturated heterocycles. The molecule has 2 aromatic rings.